The zero-order chi connectivity index (χ0) is 20.4. The number of hydrogen-bond acceptors (Lipinski definition) is 4. The molecule has 1 aliphatic heterocycles. The van der Waals surface area contributed by atoms with Crippen molar-refractivity contribution in [2.45, 2.75) is 32.6 Å². The molecule has 0 fully saturated rings. The quantitative estimate of drug-likeness (QED) is 0.272. The highest BCUT2D eigenvalue weighted by Gasteiger charge is 2.17. The van der Waals surface area contributed by atoms with E-state index in [2.05, 4.69) is 11.8 Å². The summed E-state index contributed by atoms with van der Waals surface area (Å²) in [5.41, 5.74) is 1.68. The molecule has 2 rings (SSSR count). The summed E-state index contributed by atoms with van der Waals surface area (Å²) < 4.78 is 18.0. The van der Waals surface area contributed by atoms with Gasteiger partial charge in [-0.1, -0.05) is 38.3 Å². The number of unbranched alkanes of at least 4 members (excludes halogenated alkanes) is 3. The van der Waals surface area contributed by atoms with E-state index in [1.165, 1.54) is 50.6 Å². The van der Waals surface area contributed by atoms with Gasteiger partial charge in [-0.25, -0.2) is 9.18 Å². The molecule has 0 bridgehead atoms. The number of nitriles is 1. The zero-order valence-corrected chi connectivity index (χ0v) is 16.3. The Morgan fingerprint density at radius 2 is 1.86 bits per heavy atom. The number of benzene rings is 1. The highest BCUT2D eigenvalue weighted by molar-refractivity contribution is 6.04. The molecule has 0 amide bonds. The van der Waals surface area contributed by atoms with Gasteiger partial charge < -0.3 is 9.64 Å². The van der Waals surface area contributed by atoms with Crippen LogP contribution in [0.4, 0.5) is 4.39 Å². The van der Waals surface area contributed by atoms with E-state index in [1.54, 1.807) is 6.08 Å². The van der Waals surface area contributed by atoms with Crippen molar-refractivity contribution in [3.8, 4) is 6.07 Å². The van der Waals surface area contributed by atoms with Crippen LogP contribution >= 0.6 is 0 Å². The lowest BCUT2D eigenvalue weighted by molar-refractivity contribution is -0.135. The van der Waals surface area contributed by atoms with Gasteiger partial charge in [0.2, 0.25) is 0 Å². The molecule has 0 spiro atoms. The molecule has 0 aliphatic carbocycles. The summed E-state index contributed by atoms with van der Waals surface area (Å²) in [6.07, 6.45) is 14.3. The maximum Gasteiger partial charge on any atom is 0.349 e. The predicted molar refractivity (Wildman–Crippen MR) is 108 cm³/mol. The van der Waals surface area contributed by atoms with E-state index in [-0.39, 0.29) is 11.4 Å². The summed E-state index contributed by atoms with van der Waals surface area (Å²) in [6.45, 7) is 3.14. The number of halogens is 1. The molecule has 0 N–H and O–H groups in total. The number of carbonyl (C=O) groups excluding carboxylic acids is 1. The molecule has 1 aliphatic rings. The van der Waals surface area contributed by atoms with Crippen LogP contribution in [0.3, 0.4) is 0 Å². The number of methoxy groups -OCH3 is 1. The second kappa shape index (κ2) is 10.9. The summed E-state index contributed by atoms with van der Waals surface area (Å²) in [4.78, 5) is 14.2. The largest absolute Gasteiger partial charge is 0.465 e. The van der Waals surface area contributed by atoms with E-state index in [4.69, 9.17) is 4.74 Å². The van der Waals surface area contributed by atoms with Gasteiger partial charge in [-0.3, -0.25) is 0 Å². The van der Waals surface area contributed by atoms with Crippen molar-refractivity contribution in [2.24, 2.45) is 0 Å². The minimum absolute atomic E-state index is 0.120. The molecule has 0 unspecified atom stereocenters. The van der Waals surface area contributed by atoms with Crippen molar-refractivity contribution in [3.05, 3.63) is 77.4 Å². The molecule has 0 atom stereocenters. The normalized spacial score (nSPS) is 13.8. The van der Waals surface area contributed by atoms with Crippen LogP contribution < -0.4 is 0 Å². The first kappa shape index (κ1) is 21.2. The number of hydrogen-bond donors (Lipinski definition) is 0. The Kier molecular flexibility index (Phi) is 8.23. The van der Waals surface area contributed by atoms with Gasteiger partial charge in [-0.2, -0.15) is 5.26 Å². The van der Waals surface area contributed by atoms with Crippen molar-refractivity contribution in [3.63, 3.8) is 0 Å². The Morgan fingerprint density at radius 1 is 1.18 bits per heavy atom. The molecule has 0 saturated carbocycles. The molecule has 1 aromatic carbocycles. The smallest absolute Gasteiger partial charge is 0.349 e. The third kappa shape index (κ3) is 5.95. The molecule has 146 valence electrons. The number of ether oxygens (including phenoxy) is 1. The summed E-state index contributed by atoms with van der Waals surface area (Å²) >= 11 is 0. The SMILES string of the molecule is CCCCCCN1C=CC(=C/C(=C(\C#N)C(=O)OC)c2ccc(F)cc2)C=C1. The van der Waals surface area contributed by atoms with Gasteiger partial charge in [-0.15, -0.1) is 0 Å². The van der Waals surface area contributed by atoms with Gasteiger partial charge in [-0.05, 0) is 47.9 Å². The number of allylic oxidation sites excluding steroid dienone is 5. The van der Waals surface area contributed by atoms with E-state index in [1.807, 2.05) is 30.6 Å². The van der Waals surface area contributed by atoms with Crippen LogP contribution in [-0.2, 0) is 9.53 Å². The molecule has 5 heteroatoms. The van der Waals surface area contributed by atoms with Gasteiger partial charge >= 0.3 is 5.97 Å². The van der Waals surface area contributed by atoms with Gasteiger partial charge in [0.1, 0.15) is 17.5 Å². The Balaban J connectivity index is 2.28. The van der Waals surface area contributed by atoms with Gasteiger partial charge in [0.25, 0.3) is 0 Å². The summed E-state index contributed by atoms with van der Waals surface area (Å²) in [5.74, 6) is -1.11. The molecule has 28 heavy (non-hydrogen) atoms. The van der Waals surface area contributed by atoms with Crippen LogP contribution in [0, 0.1) is 17.1 Å². The summed E-state index contributed by atoms with van der Waals surface area (Å²) in [5, 5.41) is 9.47. The lowest BCUT2D eigenvalue weighted by Gasteiger charge is -2.19. The Hall–Kier alpha value is -3.13. The van der Waals surface area contributed by atoms with Crippen LogP contribution in [-0.4, -0.2) is 24.5 Å². The third-order valence-electron chi connectivity index (χ3n) is 4.42. The van der Waals surface area contributed by atoms with E-state index in [0.29, 0.717) is 11.1 Å². The maximum atomic E-state index is 13.3. The van der Waals surface area contributed by atoms with Crippen molar-refractivity contribution < 1.29 is 13.9 Å². The van der Waals surface area contributed by atoms with Gasteiger partial charge in [0.05, 0.1) is 7.11 Å². The van der Waals surface area contributed by atoms with Crippen LogP contribution in [0.25, 0.3) is 5.57 Å². The standard InChI is InChI=1S/C23H25FN2O2/c1-3-4-5-6-13-26-14-11-18(12-15-26)16-21(22(17-25)23(27)28-2)19-7-9-20(24)10-8-19/h7-12,14-16H,3-6,13H2,1-2H3/b22-21-. The first-order valence-electron chi connectivity index (χ1n) is 9.41. The minimum atomic E-state index is -0.722. The molecule has 0 saturated heterocycles. The molecule has 1 heterocycles. The Labute approximate surface area is 165 Å². The lowest BCUT2D eigenvalue weighted by atomic mass is 9.97. The molecule has 0 aromatic heterocycles. The van der Waals surface area contributed by atoms with Crippen molar-refractivity contribution in [1.82, 2.24) is 4.90 Å². The van der Waals surface area contributed by atoms with Crippen molar-refractivity contribution in [1.29, 1.82) is 5.26 Å². The maximum absolute atomic E-state index is 13.3. The van der Waals surface area contributed by atoms with E-state index in [0.717, 1.165) is 18.5 Å². The van der Waals surface area contributed by atoms with Crippen molar-refractivity contribution >= 4 is 11.5 Å². The molecule has 0 radical (unpaired) electrons. The lowest BCUT2D eigenvalue weighted by Crippen LogP contribution is -2.13. The predicted octanol–water partition coefficient (Wildman–Crippen LogP) is 5.13. The zero-order valence-electron chi connectivity index (χ0n) is 16.3. The second-order valence-corrected chi connectivity index (χ2v) is 6.47. The van der Waals surface area contributed by atoms with E-state index in [9.17, 15) is 14.4 Å². The van der Waals surface area contributed by atoms with E-state index >= 15 is 0 Å². The first-order chi connectivity index (χ1) is 13.6. The molecule has 4 nitrogen and oxygen atoms in total. The fourth-order valence-electron chi connectivity index (χ4n) is 2.85. The first-order valence-corrected chi connectivity index (χ1v) is 9.41. The monoisotopic (exact) mass is 380 g/mol. The average Bonchev–Trinajstić information content (AvgIpc) is 2.72. The van der Waals surface area contributed by atoms with Crippen LogP contribution in [0.15, 0.2) is 66.0 Å². The third-order valence-corrected chi connectivity index (χ3v) is 4.42. The minimum Gasteiger partial charge on any atom is -0.465 e. The topological polar surface area (TPSA) is 53.3 Å². The number of carbonyl (C=O) groups is 1. The number of nitrogens with zero attached hydrogens (tertiary/aromatic N) is 2. The van der Waals surface area contributed by atoms with Gasteiger partial charge in [0, 0.05) is 24.5 Å². The van der Waals surface area contributed by atoms with Crippen LogP contribution in [0.1, 0.15) is 38.2 Å². The summed E-state index contributed by atoms with van der Waals surface area (Å²) in [7, 11) is 1.23. The molecule has 1 aromatic rings. The highest BCUT2D eigenvalue weighted by atomic mass is 19.1. The number of esters is 1. The Bertz CT molecular complexity index is 826. The highest BCUT2D eigenvalue weighted by Crippen LogP contribution is 2.25. The fourth-order valence-corrected chi connectivity index (χ4v) is 2.85. The Morgan fingerprint density at radius 3 is 2.43 bits per heavy atom. The van der Waals surface area contributed by atoms with Gasteiger partial charge in [0.15, 0.2) is 0 Å². The van der Waals surface area contributed by atoms with Crippen molar-refractivity contribution in [2.75, 3.05) is 13.7 Å². The van der Waals surface area contributed by atoms with Crippen LogP contribution in [0.5, 0.6) is 0 Å². The second-order valence-electron chi connectivity index (χ2n) is 6.47. The number of rotatable bonds is 8. The fraction of sp³-hybridized carbons (Fsp3) is 0.304. The molecular formula is C23H25FN2O2. The van der Waals surface area contributed by atoms with Crippen LogP contribution in [0.2, 0.25) is 0 Å². The summed E-state index contributed by atoms with van der Waals surface area (Å²) in [6, 6.07) is 7.58. The molecular weight excluding hydrogens is 355 g/mol. The average molecular weight is 380 g/mol. The van der Waals surface area contributed by atoms with E-state index < -0.39 is 5.97 Å².